The molecule has 0 saturated carbocycles. The van der Waals surface area contributed by atoms with E-state index in [0.717, 1.165) is 13.0 Å². The number of sulfonamides is 1. The smallest absolute Gasteiger partial charge is 0.214 e. The Labute approximate surface area is 85.5 Å². The zero-order valence-corrected chi connectivity index (χ0v) is 9.35. The molecule has 1 saturated heterocycles. The van der Waals surface area contributed by atoms with Crippen LogP contribution in [-0.4, -0.2) is 58.4 Å². The Kier molecular flexibility index (Phi) is 4.80. The number of rotatable bonds is 6. The second-order valence-electron chi connectivity index (χ2n) is 3.31. The molecule has 84 valence electrons. The highest BCUT2D eigenvalue weighted by molar-refractivity contribution is 7.89. The molecule has 0 amide bonds. The molecule has 0 aromatic heterocycles. The van der Waals surface area contributed by atoms with Gasteiger partial charge in [0.1, 0.15) is 0 Å². The van der Waals surface area contributed by atoms with Crippen molar-refractivity contribution >= 4 is 10.0 Å². The van der Waals surface area contributed by atoms with Gasteiger partial charge < -0.3 is 10.1 Å². The molecular formula is C8H18N2O3S. The van der Waals surface area contributed by atoms with E-state index < -0.39 is 10.0 Å². The molecule has 0 spiro atoms. The molecule has 0 atom stereocenters. The summed E-state index contributed by atoms with van der Waals surface area (Å²) in [6.45, 7) is 3.38. The van der Waals surface area contributed by atoms with Gasteiger partial charge in [-0.1, -0.05) is 0 Å². The molecule has 6 heteroatoms. The second kappa shape index (κ2) is 5.65. The number of hydrogen-bond acceptors (Lipinski definition) is 4. The van der Waals surface area contributed by atoms with Gasteiger partial charge in [-0.2, -0.15) is 0 Å². The van der Waals surface area contributed by atoms with E-state index >= 15 is 0 Å². The lowest BCUT2D eigenvalue weighted by Crippen LogP contribution is -2.34. The number of hydrogen-bond donors (Lipinski definition) is 1. The molecule has 1 heterocycles. The van der Waals surface area contributed by atoms with Crippen LogP contribution >= 0.6 is 0 Å². The second-order valence-corrected chi connectivity index (χ2v) is 5.40. The summed E-state index contributed by atoms with van der Waals surface area (Å²) < 4.78 is 29.1. The molecule has 0 radical (unpaired) electrons. The largest absolute Gasteiger partial charge is 0.383 e. The van der Waals surface area contributed by atoms with Gasteiger partial charge in [-0.05, 0) is 6.42 Å². The van der Waals surface area contributed by atoms with Crippen molar-refractivity contribution in [1.29, 1.82) is 0 Å². The van der Waals surface area contributed by atoms with Crippen LogP contribution in [0.4, 0.5) is 0 Å². The Bertz CT molecular complexity index is 253. The molecule has 1 N–H and O–H groups in total. The molecular weight excluding hydrogens is 204 g/mol. The molecule has 14 heavy (non-hydrogen) atoms. The normalized spacial score (nSPS) is 21.5. The summed E-state index contributed by atoms with van der Waals surface area (Å²) >= 11 is 0. The predicted molar refractivity (Wildman–Crippen MR) is 54.7 cm³/mol. The van der Waals surface area contributed by atoms with Crippen LogP contribution in [0.1, 0.15) is 6.42 Å². The first-order valence-electron chi connectivity index (χ1n) is 4.84. The third-order valence-corrected chi connectivity index (χ3v) is 4.18. The van der Waals surface area contributed by atoms with Gasteiger partial charge in [0, 0.05) is 33.3 Å². The van der Waals surface area contributed by atoms with Crippen LogP contribution in [-0.2, 0) is 14.8 Å². The predicted octanol–water partition coefficient (Wildman–Crippen LogP) is -0.742. The summed E-state index contributed by atoms with van der Waals surface area (Å²) in [5, 5.41) is 3.12. The summed E-state index contributed by atoms with van der Waals surface area (Å²) in [4.78, 5) is 0. The topological polar surface area (TPSA) is 58.6 Å². The lowest BCUT2D eigenvalue weighted by atomic mass is 10.4. The van der Waals surface area contributed by atoms with Crippen molar-refractivity contribution in [3.63, 3.8) is 0 Å². The maximum Gasteiger partial charge on any atom is 0.214 e. The van der Waals surface area contributed by atoms with Crippen LogP contribution < -0.4 is 5.32 Å². The highest BCUT2D eigenvalue weighted by Crippen LogP contribution is 2.11. The van der Waals surface area contributed by atoms with Crippen molar-refractivity contribution in [2.75, 3.05) is 45.6 Å². The Hall–Kier alpha value is -0.170. The van der Waals surface area contributed by atoms with Crippen molar-refractivity contribution in [2.24, 2.45) is 0 Å². The lowest BCUT2D eigenvalue weighted by molar-refractivity contribution is 0.199. The fourth-order valence-corrected chi connectivity index (χ4v) is 2.97. The Morgan fingerprint density at radius 2 is 2.21 bits per heavy atom. The van der Waals surface area contributed by atoms with Crippen LogP contribution in [0.2, 0.25) is 0 Å². The van der Waals surface area contributed by atoms with Crippen molar-refractivity contribution < 1.29 is 13.2 Å². The van der Waals surface area contributed by atoms with Crippen molar-refractivity contribution in [3.05, 3.63) is 0 Å². The molecule has 1 fully saturated rings. The zero-order valence-electron chi connectivity index (χ0n) is 8.53. The first-order valence-corrected chi connectivity index (χ1v) is 6.45. The van der Waals surface area contributed by atoms with E-state index in [1.165, 1.54) is 0 Å². The first-order chi connectivity index (χ1) is 6.67. The molecule has 0 bridgehead atoms. The third kappa shape index (κ3) is 3.53. The van der Waals surface area contributed by atoms with E-state index in [1.54, 1.807) is 11.4 Å². The minimum Gasteiger partial charge on any atom is -0.383 e. The highest BCUT2D eigenvalue weighted by Gasteiger charge is 2.27. The molecule has 1 aliphatic heterocycles. The minimum atomic E-state index is -2.92. The van der Waals surface area contributed by atoms with Gasteiger partial charge in [0.15, 0.2) is 0 Å². The van der Waals surface area contributed by atoms with Crippen molar-refractivity contribution in [2.45, 2.75) is 6.42 Å². The number of methoxy groups -OCH3 is 1. The fraction of sp³-hybridized carbons (Fsp3) is 1.00. The Morgan fingerprint density at radius 3 is 2.79 bits per heavy atom. The Balaban J connectivity index is 2.13. The highest BCUT2D eigenvalue weighted by atomic mass is 32.2. The summed E-state index contributed by atoms with van der Waals surface area (Å²) in [5.41, 5.74) is 0. The van der Waals surface area contributed by atoms with Crippen LogP contribution in [0, 0.1) is 0 Å². The van der Waals surface area contributed by atoms with Gasteiger partial charge in [-0.3, -0.25) is 0 Å². The van der Waals surface area contributed by atoms with E-state index in [0.29, 0.717) is 32.0 Å². The van der Waals surface area contributed by atoms with Gasteiger partial charge in [0.2, 0.25) is 10.0 Å². The van der Waals surface area contributed by atoms with Gasteiger partial charge in [-0.15, -0.1) is 0 Å². The van der Waals surface area contributed by atoms with E-state index in [1.807, 2.05) is 0 Å². The van der Waals surface area contributed by atoms with Crippen LogP contribution in [0.3, 0.4) is 0 Å². The van der Waals surface area contributed by atoms with Gasteiger partial charge in [0.05, 0.1) is 12.4 Å². The molecule has 0 unspecified atom stereocenters. The fourth-order valence-electron chi connectivity index (χ4n) is 1.45. The molecule has 1 aliphatic rings. The quantitative estimate of drug-likeness (QED) is 0.601. The summed E-state index contributed by atoms with van der Waals surface area (Å²) in [5.74, 6) is 0.311. The molecule has 0 aromatic carbocycles. The van der Waals surface area contributed by atoms with E-state index in [-0.39, 0.29) is 0 Å². The van der Waals surface area contributed by atoms with Gasteiger partial charge >= 0.3 is 0 Å². The first kappa shape index (κ1) is 11.9. The maximum absolute atomic E-state index is 11.4. The lowest BCUT2D eigenvalue weighted by Gasteiger charge is -2.14. The van der Waals surface area contributed by atoms with Gasteiger partial charge in [0.25, 0.3) is 0 Å². The zero-order chi connectivity index (χ0) is 10.4. The van der Waals surface area contributed by atoms with E-state index in [4.69, 9.17) is 4.74 Å². The van der Waals surface area contributed by atoms with Crippen molar-refractivity contribution in [1.82, 2.24) is 9.62 Å². The summed E-state index contributed by atoms with van der Waals surface area (Å²) in [6.07, 6.45) is 0.764. The average Bonchev–Trinajstić information content (AvgIpc) is 2.45. The molecule has 0 aliphatic carbocycles. The standard InChI is InChI=1S/C8H18N2O3S/c1-13-7-4-9-3-6-10-5-2-8-14(10,11)12/h9H,2-8H2,1H3. The summed E-state index contributed by atoms with van der Waals surface area (Å²) in [7, 11) is -1.27. The van der Waals surface area contributed by atoms with E-state index in [9.17, 15) is 8.42 Å². The SMILES string of the molecule is COCCNCCN1CCCS1(=O)=O. The molecule has 5 nitrogen and oxygen atoms in total. The Morgan fingerprint density at radius 1 is 1.43 bits per heavy atom. The minimum absolute atomic E-state index is 0.311. The molecule has 0 aromatic rings. The number of nitrogens with zero attached hydrogens (tertiary/aromatic N) is 1. The van der Waals surface area contributed by atoms with Crippen LogP contribution in [0.25, 0.3) is 0 Å². The van der Waals surface area contributed by atoms with E-state index in [2.05, 4.69) is 5.32 Å². The molecule has 1 rings (SSSR count). The average molecular weight is 222 g/mol. The van der Waals surface area contributed by atoms with Crippen LogP contribution in [0.5, 0.6) is 0 Å². The third-order valence-electron chi connectivity index (χ3n) is 2.22. The van der Waals surface area contributed by atoms with Crippen molar-refractivity contribution in [3.8, 4) is 0 Å². The number of ether oxygens (including phenoxy) is 1. The van der Waals surface area contributed by atoms with Gasteiger partial charge in [-0.25, -0.2) is 12.7 Å². The monoisotopic (exact) mass is 222 g/mol. The van der Waals surface area contributed by atoms with Crippen LogP contribution in [0.15, 0.2) is 0 Å². The summed E-state index contributed by atoms with van der Waals surface area (Å²) in [6, 6.07) is 0. The maximum atomic E-state index is 11.4. The number of nitrogens with one attached hydrogen (secondary N) is 1.